The summed E-state index contributed by atoms with van der Waals surface area (Å²) in [5.41, 5.74) is 3.41. The molecule has 0 spiro atoms. The fraction of sp³-hybridized carbons (Fsp3) is 0.615. The Morgan fingerprint density at radius 2 is 2.16 bits per heavy atom. The second-order valence-corrected chi connectivity index (χ2v) is 4.66. The lowest BCUT2D eigenvalue weighted by Gasteiger charge is -2.16. The summed E-state index contributed by atoms with van der Waals surface area (Å²) in [6.07, 6.45) is 5.87. The average Bonchev–Trinajstić information content (AvgIpc) is 2.99. The van der Waals surface area contributed by atoms with Crippen LogP contribution in [-0.2, 0) is 20.0 Å². The lowest BCUT2D eigenvalue weighted by atomic mass is 10.0. The standard InChI is InChI=1S/C13H22N6/c1-5-7-19-12(8-15-17-19)13(14-3)10-9-18(4)16-11(10)6-2/h8-9,13-14H,5-7H2,1-4H3. The summed E-state index contributed by atoms with van der Waals surface area (Å²) in [5, 5.41) is 16.1. The Morgan fingerprint density at radius 3 is 2.79 bits per heavy atom. The van der Waals surface area contributed by atoms with Crippen LogP contribution in [0.3, 0.4) is 0 Å². The van der Waals surface area contributed by atoms with Gasteiger partial charge in [-0.3, -0.25) is 4.68 Å². The smallest absolute Gasteiger partial charge is 0.0803 e. The number of hydrogen-bond donors (Lipinski definition) is 1. The van der Waals surface area contributed by atoms with Gasteiger partial charge in [-0.25, -0.2) is 4.68 Å². The Kier molecular flexibility index (Phi) is 4.31. The SMILES string of the molecule is CCCn1nncc1C(NC)c1cn(C)nc1CC. The zero-order valence-corrected chi connectivity index (χ0v) is 12.1. The van der Waals surface area contributed by atoms with Gasteiger partial charge in [0.15, 0.2) is 0 Å². The van der Waals surface area contributed by atoms with E-state index in [2.05, 4.69) is 40.8 Å². The Labute approximate surface area is 113 Å². The molecule has 0 saturated carbocycles. The first-order valence-electron chi connectivity index (χ1n) is 6.79. The summed E-state index contributed by atoms with van der Waals surface area (Å²) in [6, 6.07) is 0.0881. The monoisotopic (exact) mass is 262 g/mol. The summed E-state index contributed by atoms with van der Waals surface area (Å²) >= 11 is 0. The van der Waals surface area contributed by atoms with Crippen LogP contribution in [0, 0.1) is 0 Å². The molecule has 0 fully saturated rings. The minimum Gasteiger partial charge on any atom is -0.308 e. The molecule has 2 rings (SSSR count). The highest BCUT2D eigenvalue weighted by atomic mass is 15.4. The van der Waals surface area contributed by atoms with Crippen LogP contribution in [0.2, 0.25) is 0 Å². The first-order chi connectivity index (χ1) is 9.21. The predicted octanol–water partition coefficient (Wildman–Crippen LogP) is 1.29. The maximum atomic E-state index is 4.51. The highest BCUT2D eigenvalue weighted by Crippen LogP contribution is 2.24. The molecule has 19 heavy (non-hydrogen) atoms. The van der Waals surface area contributed by atoms with Crippen molar-refractivity contribution in [3.8, 4) is 0 Å². The number of aryl methyl sites for hydroxylation is 3. The Bertz CT molecular complexity index is 527. The van der Waals surface area contributed by atoms with Crippen LogP contribution in [0.1, 0.15) is 43.3 Å². The van der Waals surface area contributed by atoms with Crippen molar-refractivity contribution >= 4 is 0 Å². The fourth-order valence-electron chi connectivity index (χ4n) is 2.41. The van der Waals surface area contributed by atoms with E-state index in [0.717, 1.165) is 30.8 Å². The largest absolute Gasteiger partial charge is 0.308 e. The lowest BCUT2D eigenvalue weighted by Crippen LogP contribution is -2.22. The molecule has 2 heterocycles. The van der Waals surface area contributed by atoms with Gasteiger partial charge in [0.2, 0.25) is 0 Å². The molecular weight excluding hydrogens is 240 g/mol. The number of rotatable bonds is 6. The minimum atomic E-state index is 0.0881. The van der Waals surface area contributed by atoms with Gasteiger partial charge in [0.1, 0.15) is 0 Å². The third-order valence-electron chi connectivity index (χ3n) is 3.25. The van der Waals surface area contributed by atoms with E-state index in [4.69, 9.17) is 0 Å². The highest BCUT2D eigenvalue weighted by molar-refractivity contribution is 5.28. The number of aromatic nitrogens is 5. The van der Waals surface area contributed by atoms with Crippen LogP contribution in [0.4, 0.5) is 0 Å². The van der Waals surface area contributed by atoms with E-state index in [0.29, 0.717) is 0 Å². The van der Waals surface area contributed by atoms with Gasteiger partial charge < -0.3 is 5.32 Å². The zero-order valence-electron chi connectivity index (χ0n) is 12.1. The van der Waals surface area contributed by atoms with E-state index < -0.39 is 0 Å². The van der Waals surface area contributed by atoms with Crippen molar-refractivity contribution in [2.45, 2.75) is 39.3 Å². The molecule has 0 aromatic carbocycles. The highest BCUT2D eigenvalue weighted by Gasteiger charge is 2.21. The summed E-state index contributed by atoms with van der Waals surface area (Å²) in [7, 11) is 3.91. The van der Waals surface area contributed by atoms with Gasteiger partial charge in [-0.15, -0.1) is 5.10 Å². The molecule has 0 amide bonds. The van der Waals surface area contributed by atoms with Crippen LogP contribution in [-0.4, -0.2) is 31.8 Å². The lowest BCUT2D eigenvalue weighted by molar-refractivity contribution is 0.522. The molecule has 1 N–H and O–H groups in total. The van der Waals surface area contributed by atoms with Crippen molar-refractivity contribution in [2.75, 3.05) is 7.05 Å². The zero-order chi connectivity index (χ0) is 13.8. The van der Waals surface area contributed by atoms with Crippen molar-refractivity contribution in [2.24, 2.45) is 7.05 Å². The van der Waals surface area contributed by atoms with E-state index in [9.17, 15) is 0 Å². The van der Waals surface area contributed by atoms with Crippen LogP contribution in [0.5, 0.6) is 0 Å². The summed E-state index contributed by atoms with van der Waals surface area (Å²) in [4.78, 5) is 0. The molecular formula is C13H22N6. The van der Waals surface area contributed by atoms with Gasteiger partial charge in [-0.2, -0.15) is 5.10 Å². The van der Waals surface area contributed by atoms with Crippen LogP contribution >= 0.6 is 0 Å². The normalized spacial score (nSPS) is 12.8. The predicted molar refractivity (Wildman–Crippen MR) is 73.8 cm³/mol. The van der Waals surface area contributed by atoms with Gasteiger partial charge in [0.25, 0.3) is 0 Å². The fourth-order valence-corrected chi connectivity index (χ4v) is 2.41. The minimum absolute atomic E-state index is 0.0881. The molecule has 0 radical (unpaired) electrons. The maximum Gasteiger partial charge on any atom is 0.0803 e. The molecule has 0 aliphatic heterocycles. The first-order valence-corrected chi connectivity index (χ1v) is 6.79. The van der Waals surface area contributed by atoms with Gasteiger partial charge >= 0.3 is 0 Å². The summed E-state index contributed by atoms with van der Waals surface area (Å²) < 4.78 is 3.83. The number of nitrogens with zero attached hydrogens (tertiary/aromatic N) is 5. The van der Waals surface area contributed by atoms with E-state index in [1.165, 1.54) is 5.56 Å². The molecule has 2 aromatic heterocycles. The second-order valence-electron chi connectivity index (χ2n) is 4.66. The van der Waals surface area contributed by atoms with Crippen molar-refractivity contribution in [1.29, 1.82) is 0 Å². The van der Waals surface area contributed by atoms with Gasteiger partial charge in [-0.1, -0.05) is 19.1 Å². The van der Waals surface area contributed by atoms with Crippen LogP contribution in [0.15, 0.2) is 12.4 Å². The number of nitrogens with one attached hydrogen (secondary N) is 1. The number of hydrogen-bond acceptors (Lipinski definition) is 4. The first kappa shape index (κ1) is 13.7. The topological polar surface area (TPSA) is 60.6 Å². The molecule has 2 aromatic rings. The third-order valence-corrected chi connectivity index (χ3v) is 3.25. The van der Waals surface area contributed by atoms with Gasteiger partial charge in [0, 0.05) is 25.4 Å². The van der Waals surface area contributed by atoms with Crippen molar-refractivity contribution in [3.05, 3.63) is 29.3 Å². The van der Waals surface area contributed by atoms with Gasteiger partial charge in [-0.05, 0) is 19.9 Å². The molecule has 1 unspecified atom stereocenters. The van der Waals surface area contributed by atoms with Gasteiger partial charge in [0.05, 0.1) is 23.6 Å². The average molecular weight is 262 g/mol. The Balaban J connectivity index is 2.40. The Hall–Kier alpha value is -1.69. The molecule has 1 atom stereocenters. The van der Waals surface area contributed by atoms with E-state index >= 15 is 0 Å². The summed E-state index contributed by atoms with van der Waals surface area (Å²) in [6.45, 7) is 5.15. The quantitative estimate of drug-likeness (QED) is 0.852. The van der Waals surface area contributed by atoms with Crippen molar-refractivity contribution < 1.29 is 0 Å². The van der Waals surface area contributed by atoms with Crippen LogP contribution < -0.4 is 5.32 Å². The van der Waals surface area contributed by atoms with E-state index in [-0.39, 0.29) is 6.04 Å². The Morgan fingerprint density at radius 1 is 1.37 bits per heavy atom. The summed E-state index contributed by atoms with van der Waals surface area (Å²) in [5.74, 6) is 0. The maximum absolute atomic E-state index is 4.51. The van der Waals surface area contributed by atoms with Crippen molar-refractivity contribution in [3.63, 3.8) is 0 Å². The van der Waals surface area contributed by atoms with Crippen molar-refractivity contribution in [1.82, 2.24) is 30.1 Å². The van der Waals surface area contributed by atoms with E-state index in [1.807, 2.05) is 29.7 Å². The molecule has 6 heteroatoms. The van der Waals surface area contributed by atoms with Crippen LogP contribution in [0.25, 0.3) is 0 Å². The third kappa shape index (κ3) is 2.68. The molecule has 0 bridgehead atoms. The molecule has 0 aliphatic rings. The molecule has 104 valence electrons. The molecule has 0 aliphatic carbocycles. The second kappa shape index (κ2) is 5.97. The van der Waals surface area contributed by atoms with E-state index in [1.54, 1.807) is 0 Å². The molecule has 0 saturated heterocycles. The molecule has 6 nitrogen and oxygen atoms in total.